The number of aromatic nitrogens is 1. The number of methoxy groups -OCH3 is 2. The van der Waals surface area contributed by atoms with E-state index >= 15 is 0 Å². The van der Waals surface area contributed by atoms with E-state index in [1.807, 2.05) is 121 Å². The lowest BCUT2D eigenvalue weighted by Gasteiger charge is -2.34. The minimum atomic E-state index is -0.972. The molecule has 0 aliphatic heterocycles. The highest BCUT2D eigenvalue weighted by Gasteiger charge is 2.36. The average molecular weight is 908 g/mol. The maximum Gasteiger partial charge on any atom is 0.407 e. The number of carbonyl (C=O) groups is 4. The molecule has 4 amide bonds. The third-order valence-corrected chi connectivity index (χ3v) is 9.77. The van der Waals surface area contributed by atoms with Gasteiger partial charge in [0.2, 0.25) is 5.91 Å². The Hall–Kier alpha value is -5.17. The SMILES string of the molecule is COCCOCCOCCOCCOCCOC(=O)N[C@@H](C(=O)NC([CH]CN(Cc1ccc(-c2ccccn2)cc1)NC(=O)[C@H](NC(=O)OC)C(C)(C)C)Cc1ccccc1)C(C)(C)C. The second-order valence-electron chi connectivity index (χ2n) is 17.3. The van der Waals surface area contributed by atoms with E-state index in [1.165, 1.54) is 7.11 Å². The number of carbonyl (C=O) groups excluding carboxylic acids is 4. The fourth-order valence-electron chi connectivity index (χ4n) is 6.27. The van der Waals surface area contributed by atoms with E-state index < -0.39 is 53.0 Å². The Morgan fingerprint density at radius 3 is 1.69 bits per heavy atom. The Kier molecular flexibility index (Phi) is 24.5. The van der Waals surface area contributed by atoms with Gasteiger partial charge < -0.3 is 49.1 Å². The van der Waals surface area contributed by atoms with Gasteiger partial charge in [0.1, 0.15) is 18.7 Å². The van der Waals surface area contributed by atoms with Crippen LogP contribution in [-0.2, 0) is 55.7 Å². The van der Waals surface area contributed by atoms with Crippen molar-refractivity contribution < 1.29 is 52.3 Å². The van der Waals surface area contributed by atoms with Crippen molar-refractivity contribution in [3.8, 4) is 11.3 Å². The van der Waals surface area contributed by atoms with E-state index in [2.05, 4.69) is 26.4 Å². The number of nitrogens with one attached hydrogen (secondary N) is 4. The van der Waals surface area contributed by atoms with Crippen molar-refractivity contribution in [2.75, 3.05) is 86.8 Å². The first-order valence-electron chi connectivity index (χ1n) is 21.9. The van der Waals surface area contributed by atoms with E-state index in [0.29, 0.717) is 59.3 Å². The molecular formula is C48H71N6O11. The summed E-state index contributed by atoms with van der Waals surface area (Å²) in [6.07, 6.45) is 2.57. The van der Waals surface area contributed by atoms with Gasteiger partial charge >= 0.3 is 12.2 Å². The molecule has 3 aromatic rings. The van der Waals surface area contributed by atoms with Crippen molar-refractivity contribution in [3.63, 3.8) is 0 Å². The summed E-state index contributed by atoms with van der Waals surface area (Å²) in [4.78, 5) is 57.8. The van der Waals surface area contributed by atoms with Crippen LogP contribution in [0, 0.1) is 17.3 Å². The number of pyridine rings is 1. The van der Waals surface area contributed by atoms with Gasteiger partial charge in [-0.2, -0.15) is 0 Å². The van der Waals surface area contributed by atoms with Gasteiger partial charge in [0.25, 0.3) is 5.91 Å². The zero-order valence-electron chi connectivity index (χ0n) is 39.4. The number of ether oxygens (including phenoxy) is 7. The fourth-order valence-corrected chi connectivity index (χ4v) is 6.27. The van der Waals surface area contributed by atoms with Crippen molar-refractivity contribution in [2.24, 2.45) is 10.8 Å². The van der Waals surface area contributed by atoms with E-state index in [4.69, 9.17) is 33.2 Å². The number of rotatable bonds is 29. The number of hydrazine groups is 1. The van der Waals surface area contributed by atoms with E-state index in [1.54, 1.807) is 18.3 Å². The van der Waals surface area contributed by atoms with Crippen molar-refractivity contribution in [3.05, 3.63) is 96.5 Å². The molecule has 0 fully saturated rings. The highest BCUT2D eigenvalue weighted by atomic mass is 16.6. The van der Waals surface area contributed by atoms with Gasteiger partial charge in [-0.3, -0.25) is 20.0 Å². The van der Waals surface area contributed by atoms with Crippen LogP contribution in [0.15, 0.2) is 79.0 Å². The number of alkyl carbamates (subject to hydrolysis) is 2. The molecule has 0 bridgehead atoms. The summed E-state index contributed by atoms with van der Waals surface area (Å²) in [5, 5.41) is 10.3. The predicted octanol–water partition coefficient (Wildman–Crippen LogP) is 5.14. The summed E-state index contributed by atoms with van der Waals surface area (Å²) in [7, 11) is 2.86. The van der Waals surface area contributed by atoms with Crippen LogP contribution in [0.1, 0.15) is 52.7 Å². The molecule has 3 rings (SSSR count). The monoisotopic (exact) mass is 908 g/mol. The molecule has 3 atom stereocenters. The maximum absolute atomic E-state index is 14.1. The highest BCUT2D eigenvalue weighted by molar-refractivity contribution is 5.87. The zero-order chi connectivity index (χ0) is 47.5. The van der Waals surface area contributed by atoms with Crippen LogP contribution < -0.4 is 21.4 Å². The van der Waals surface area contributed by atoms with Crippen molar-refractivity contribution in [2.45, 2.75) is 72.6 Å². The van der Waals surface area contributed by atoms with Gasteiger partial charge in [0.05, 0.1) is 72.3 Å². The van der Waals surface area contributed by atoms with Gasteiger partial charge in [0, 0.05) is 44.4 Å². The number of hydrogen-bond acceptors (Lipinski definition) is 13. The van der Waals surface area contributed by atoms with Gasteiger partial charge in [-0.25, -0.2) is 14.6 Å². The third kappa shape index (κ3) is 22.0. The molecule has 0 spiro atoms. The van der Waals surface area contributed by atoms with Crippen LogP contribution in [0.3, 0.4) is 0 Å². The Morgan fingerprint density at radius 2 is 1.15 bits per heavy atom. The smallest absolute Gasteiger partial charge is 0.407 e. The zero-order valence-corrected chi connectivity index (χ0v) is 39.4. The summed E-state index contributed by atoms with van der Waals surface area (Å²) in [6, 6.07) is 20.8. The summed E-state index contributed by atoms with van der Waals surface area (Å²) < 4.78 is 36.9. The number of benzene rings is 2. The topological polar surface area (TPSA) is 197 Å². The van der Waals surface area contributed by atoms with Gasteiger partial charge in [-0.05, 0) is 40.5 Å². The number of nitrogens with zero attached hydrogens (tertiary/aromatic N) is 2. The first-order chi connectivity index (χ1) is 31.1. The molecule has 2 aromatic carbocycles. The molecule has 0 aliphatic rings. The molecule has 1 heterocycles. The second kappa shape index (κ2) is 29.4. The minimum absolute atomic E-state index is 0.0282. The van der Waals surface area contributed by atoms with Crippen LogP contribution in [0.5, 0.6) is 0 Å². The molecule has 0 saturated heterocycles. The van der Waals surface area contributed by atoms with Crippen LogP contribution >= 0.6 is 0 Å². The number of hydrogen-bond donors (Lipinski definition) is 4. The van der Waals surface area contributed by atoms with Gasteiger partial charge in [0.15, 0.2) is 0 Å². The van der Waals surface area contributed by atoms with Crippen LogP contribution in [0.25, 0.3) is 11.3 Å². The Labute approximate surface area is 384 Å². The standard InChI is InChI=1S/C48H71N6O11/c1-47(2,3)41(52-46(58)65-33-32-64-31-30-63-29-28-62-27-26-61-25-24-59-7)43(55)50-39(34-36-14-10-9-11-15-36)21-23-54(53-44(56)42(48(4,5)6)51-45(57)60-8)35-37-17-19-38(20-18-37)40-16-12-13-22-49-40/h9-22,39,41-42H,23-35H2,1-8H3,(H,50,55)(H,51,57)(H,52,58)(H,53,56)/t39?,41-,42-/m0/s1. The first-order valence-corrected chi connectivity index (χ1v) is 21.9. The molecule has 65 heavy (non-hydrogen) atoms. The lowest BCUT2D eigenvalue weighted by atomic mass is 9.86. The van der Waals surface area contributed by atoms with Crippen LogP contribution in [0.4, 0.5) is 9.59 Å². The fraction of sp³-hybridized carbons (Fsp3) is 0.542. The maximum atomic E-state index is 14.1. The van der Waals surface area contributed by atoms with Gasteiger partial charge in [-0.1, -0.05) is 102 Å². The van der Waals surface area contributed by atoms with Crippen LogP contribution in [-0.4, -0.2) is 139 Å². The predicted molar refractivity (Wildman–Crippen MR) is 246 cm³/mol. The van der Waals surface area contributed by atoms with Crippen molar-refractivity contribution in [1.29, 1.82) is 0 Å². The Bertz CT molecular complexity index is 1810. The molecule has 17 heteroatoms. The van der Waals surface area contributed by atoms with Gasteiger partial charge in [-0.15, -0.1) is 0 Å². The third-order valence-electron chi connectivity index (χ3n) is 9.77. The average Bonchev–Trinajstić information content (AvgIpc) is 3.27. The summed E-state index contributed by atoms with van der Waals surface area (Å²) in [5.74, 6) is -0.866. The second-order valence-corrected chi connectivity index (χ2v) is 17.3. The van der Waals surface area contributed by atoms with Crippen molar-refractivity contribution in [1.82, 2.24) is 31.4 Å². The Morgan fingerprint density at radius 1 is 0.615 bits per heavy atom. The normalized spacial score (nSPS) is 13.1. The first kappa shape index (κ1) is 54.2. The lowest BCUT2D eigenvalue weighted by molar-refractivity contribution is -0.131. The minimum Gasteiger partial charge on any atom is -0.453 e. The molecule has 17 nitrogen and oxygen atoms in total. The lowest BCUT2D eigenvalue weighted by Crippen LogP contribution is -2.58. The van der Waals surface area contributed by atoms with Crippen LogP contribution in [0.2, 0.25) is 0 Å². The highest BCUT2D eigenvalue weighted by Crippen LogP contribution is 2.22. The molecule has 0 aliphatic carbocycles. The van der Waals surface area contributed by atoms with E-state index in [9.17, 15) is 19.2 Å². The molecule has 0 saturated carbocycles. The summed E-state index contributed by atoms with van der Waals surface area (Å²) in [5.41, 5.74) is 5.26. The quantitative estimate of drug-likeness (QED) is 0.0529. The largest absolute Gasteiger partial charge is 0.453 e. The molecular weight excluding hydrogens is 837 g/mol. The summed E-state index contributed by atoms with van der Waals surface area (Å²) >= 11 is 0. The molecule has 359 valence electrons. The van der Waals surface area contributed by atoms with E-state index in [-0.39, 0.29) is 26.3 Å². The summed E-state index contributed by atoms with van der Waals surface area (Å²) in [6.45, 7) is 15.2. The molecule has 1 unspecified atom stereocenters. The molecule has 1 radical (unpaired) electrons. The molecule has 4 N–H and O–H groups in total. The number of amides is 4. The Balaban J connectivity index is 1.65. The molecule has 1 aromatic heterocycles. The van der Waals surface area contributed by atoms with E-state index in [0.717, 1.165) is 22.4 Å². The van der Waals surface area contributed by atoms with Crippen molar-refractivity contribution >= 4 is 24.0 Å².